The summed E-state index contributed by atoms with van der Waals surface area (Å²) in [5.41, 5.74) is 1.60. The number of fused-ring (bicyclic) bond motifs is 2. The molecule has 1 aromatic carbocycles. The second-order valence-electron chi connectivity index (χ2n) is 10.9. The number of sulfonamides is 1. The Morgan fingerprint density at radius 1 is 1.24 bits per heavy atom. The van der Waals surface area contributed by atoms with Gasteiger partial charge in [-0.15, -0.1) is 11.3 Å². The van der Waals surface area contributed by atoms with Crippen molar-refractivity contribution >= 4 is 55.7 Å². The van der Waals surface area contributed by atoms with Crippen LogP contribution in [-0.4, -0.2) is 103 Å². The number of aromatic nitrogens is 2. The molecule has 3 aliphatic heterocycles. The number of thiazole rings is 1. The first-order valence-corrected chi connectivity index (χ1v) is 16.5. The molecule has 2 fully saturated rings. The molecule has 2 atom stereocenters. The molecule has 2 amide bonds. The molecular formula is C27H33ClN6O5S2. The fourth-order valence-corrected chi connectivity index (χ4v) is 8.51. The van der Waals surface area contributed by atoms with E-state index < -0.39 is 16.1 Å². The van der Waals surface area contributed by atoms with Gasteiger partial charge in [0.2, 0.25) is 5.91 Å². The lowest BCUT2D eigenvalue weighted by molar-refractivity contribution is -0.122. The number of likely N-dealkylation sites (N-methyl/N-ethyl adjacent to an activating group) is 1. The van der Waals surface area contributed by atoms with Crippen LogP contribution in [0.4, 0.5) is 0 Å². The van der Waals surface area contributed by atoms with E-state index in [0.29, 0.717) is 34.1 Å². The van der Waals surface area contributed by atoms with E-state index in [0.717, 1.165) is 42.9 Å². The average Bonchev–Trinajstić information content (AvgIpc) is 3.71. The Labute approximate surface area is 247 Å². The third-order valence-electron chi connectivity index (χ3n) is 7.96. The Kier molecular flexibility index (Phi) is 8.09. The van der Waals surface area contributed by atoms with Crippen LogP contribution in [0.3, 0.4) is 0 Å². The minimum atomic E-state index is -3.93. The highest BCUT2D eigenvalue weighted by atomic mass is 35.5. The molecule has 11 nitrogen and oxygen atoms in total. The second kappa shape index (κ2) is 11.6. The van der Waals surface area contributed by atoms with Crippen LogP contribution in [0.1, 0.15) is 39.6 Å². The summed E-state index contributed by atoms with van der Waals surface area (Å²) in [6, 6.07) is 6.04. The summed E-state index contributed by atoms with van der Waals surface area (Å²) in [5, 5.41) is 4.55. The molecule has 0 spiro atoms. The number of aromatic amines is 1. The molecule has 14 heteroatoms. The fourth-order valence-electron chi connectivity index (χ4n) is 5.70. The molecule has 0 saturated carbocycles. The summed E-state index contributed by atoms with van der Waals surface area (Å²) >= 11 is 7.49. The number of nitrogens with zero attached hydrogens (tertiary/aromatic N) is 4. The number of benzene rings is 1. The molecule has 5 heterocycles. The number of rotatable bonds is 7. The Hall–Kier alpha value is -2.55. The first-order valence-electron chi connectivity index (χ1n) is 13.8. The zero-order valence-corrected chi connectivity index (χ0v) is 25.2. The van der Waals surface area contributed by atoms with Gasteiger partial charge in [0.25, 0.3) is 15.9 Å². The van der Waals surface area contributed by atoms with Crippen LogP contribution < -0.4 is 5.32 Å². The van der Waals surface area contributed by atoms with Gasteiger partial charge in [0.1, 0.15) is 5.03 Å². The van der Waals surface area contributed by atoms with Crippen LogP contribution in [-0.2, 0) is 32.5 Å². The van der Waals surface area contributed by atoms with Crippen LogP contribution in [0.2, 0.25) is 5.02 Å². The second-order valence-corrected chi connectivity index (χ2v) is 14.3. The summed E-state index contributed by atoms with van der Waals surface area (Å²) in [6.07, 6.45) is 2.59. The Morgan fingerprint density at radius 3 is 2.90 bits per heavy atom. The van der Waals surface area contributed by atoms with Gasteiger partial charge in [-0.3, -0.25) is 9.59 Å². The highest BCUT2D eigenvalue weighted by Gasteiger charge is 2.39. The summed E-state index contributed by atoms with van der Waals surface area (Å²) < 4.78 is 34.4. The van der Waals surface area contributed by atoms with Crippen molar-refractivity contribution < 1.29 is 22.7 Å². The molecule has 0 aliphatic carbocycles. The average molecular weight is 621 g/mol. The molecular weight excluding hydrogens is 588 g/mol. The van der Waals surface area contributed by atoms with E-state index in [2.05, 4.69) is 20.2 Å². The molecule has 2 aromatic heterocycles. The molecule has 2 unspecified atom stereocenters. The van der Waals surface area contributed by atoms with Crippen molar-refractivity contribution in [3.63, 3.8) is 0 Å². The van der Waals surface area contributed by atoms with E-state index in [4.69, 9.17) is 16.3 Å². The van der Waals surface area contributed by atoms with Gasteiger partial charge < -0.3 is 24.8 Å². The number of hydrogen-bond acceptors (Lipinski definition) is 8. The predicted molar refractivity (Wildman–Crippen MR) is 156 cm³/mol. The highest BCUT2D eigenvalue weighted by molar-refractivity contribution is 7.89. The Bertz CT molecular complexity index is 1570. The van der Waals surface area contributed by atoms with Crippen molar-refractivity contribution in [3.8, 4) is 0 Å². The zero-order chi connectivity index (χ0) is 28.7. The van der Waals surface area contributed by atoms with Crippen molar-refractivity contribution in [2.75, 3.05) is 46.4 Å². The van der Waals surface area contributed by atoms with E-state index in [1.54, 1.807) is 29.2 Å². The van der Waals surface area contributed by atoms with E-state index >= 15 is 0 Å². The number of H-pyrrole nitrogens is 1. The van der Waals surface area contributed by atoms with Crippen molar-refractivity contribution in [1.29, 1.82) is 0 Å². The number of halogens is 1. The highest BCUT2D eigenvalue weighted by Crippen LogP contribution is 2.29. The lowest BCUT2D eigenvalue weighted by Crippen LogP contribution is -2.57. The SMILES string of the molecule is CN1CCc2nc(C(=O)N3CCN(S(=O)(=O)c4cc5cc(Cl)ccc5[nH]4)CC3CC(=O)NCC3CCCO3)sc2C1. The maximum atomic E-state index is 13.8. The van der Waals surface area contributed by atoms with Gasteiger partial charge in [-0.25, -0.2) is 13.4 Å². The first-order chi connectivity index (χ1) is 19.7. The maximum Gasteiger partial charge on any atom is 0.283 e. The normalized spacial score (nSPS) is 22.2. The number of carbonyl (C=O) groups is 2. The van der Waals surface area contributed by atoms with Gasteiger partial charge in [-0.05, 0) is 44.2 Å². The molecule has 2 saturated heterocycles. The summed E-state index contributed by atoms with van der Waals surface area (Å²) in [5.74, 6) is -0.510. The molecule has 3 aliphatic rings. The van der Waals surface area contributed by atoms with Gasteiger partial charge in [-0.1, -0.05) is 11.6 Å². The Balaban J connectivity index is 1.23. The minimum absolute atomic E-state index is 0.00856. The quantitative estimate of drug-likeness (QED) is 0.415. The number of carbonyl (C=O) groups excluding carboxylic acids is 2. The molecule has 0 bridgehead atoms. The predicted octanol–water partition coefficient (Wildman–Crippen LogP) is 2.47. The largest absolute Gasteiger partial charge is 0.376 e. The third kappa shape index (κ3) is 6.02. The van der Waals surface area contributed by atoms with Gasteiger partial charge in [-0.2, -0.15) is 4.31 Å². The number of ether oxygens (including phenoxy) is 1. The van der Waals surface area contributed by atoms with Gasteiger partial charge in [0.05, 0.1) is 17.8 Å². The van der Waals surface area contributed by atoms with E-state index in [1.165, 1.54) is 15.6 Å². The molecule has 2 N–H and O–H groups in total. The van der Waals surface area contributed by atoms with Crippen molar-refractivity contribution in [2.24, 2.45) is 0 Å². The lowest BCUT2D eigenvalue weighted by atomic mass is 10.1. The summed E-state index contributed by atoms with van der Waals surface area (Å²) in [7, 11) is -1.89. The number of amides is 2. The third-order valence-corrected chi connectivity index (χ3v) is 11.1. The van der Waals surface area contributed by atoms with Crippen LogP contribution >= 0.6 is 22.9 Å². The van der Waals surface area contributed by atoms with Crippen molar-refractivity contribution in [2.45, 2.75) is 49.4 Å². The summed E-state index contributed by atoms with van der Waals surface area (Å²) in [6.45, 7) is 2.96. The molecule has 6 rings (SSSR count). The number of piperazine rings is 1. The molecule has 220 valence electrons. The molecule has 41 heavy (non-hydrogen) atoms. The summed E-state index contributed by atoms with van der Waals surface area (Å²) in [4.78, 5) is 39.3. The number of hydrogen-bond donors (Lipinski definition) is 2. The van der Waals surface area contributed by atoms with Crippen LogP contribution in [0.25, 0.3) is 10.9 Å². The van der Waals surface area contributed by atoms with Crippen LogP contribution in [0.5, 0.6) is 0 Å². The van der Waals surface area contributed by atoms with Crippen molar-refractivity contribution in [1.82, 2.24) is 29.4 Å². The number of nitrogens with one attached hydrogen (secondary N) is 2. The molecule has 3 aromatic rings. The van der Waals surface area contributed by atoms with Gasteiger partial charge in [0.15, 0.2) is 5.01 Å². The van der Waals surface area contributed by atoms with Crippen LogP contribution in [0, 0.1) is 0 Å². The topological polar surface area (TPSA) is 128 Å². The Morgan fingerprint density at radius 2 is 2.10 bits per heavy atom. The lowest BCUT2D eigenvalue weighted by Gasteiger charge is -2.40. The van der Waals surface area contributed by atoms with E-state index in [-0.39, 0.29) is 49.0 Å². The minimum Gasteiger partial charge on any atom is -0.376 e. The standard InChI is InChI=1S/C27H33ClN6O5S2/c1-32-7-6-22-23(16-32)40-26(31-22)27(36)34-9-8-33(15-19(34)13-24(35)29-14-20-3-2-10-39-20)41(37,38)25-12-17-11-18(28)4-5-21(17)30-25/h4-5,11-12,19-20,30H,2-3,6-10,13-16H2,1H3,(H,29,35). The molecule has 0 radical (unpaired) electrons. The van der Waals surface area contributed by atoms with E-state index in [1.807, 2.05) is 7.05 Å². The maximum absolute atomic E-state index is 13.8. The fraction of sp³-hybridized carbons (Fsp3) is 0.519. The first kappa shape index (κ1) is 28.6. The monoisotopic (exact) mass is 620 g/mol. The smallest absolute Gasteiger partial charge is 0.283 e. The zero-order valence-electron chi connectivity index (χ0n) is 22.8. The van der Waals surface area contributed by atoms with Crippen LogP contribution in [0.15, 0.2) is 29.3 Å². The van der Waals surface area contributed by atoms with Crippen molar-refractivity contribution in [3.05, 3.63) is 44.9 Å². The van der Waals surface area contributed by atoms with Gasteiger partial charge >= 0.3 is 0 Å². The van der Waals surface area contributed by atoms with E-state index in [9.17, 15) is 18.0 Å². The van der Waals surface area contributed by atoms with Gasteiger partial charge in [0, 0.05) is 79.5 Å².